The highest BCUT2D eigenvalue weighted by Gasteiger charge is 2.38. The van der Waals surface area contributed by atoms with E-state index in [-0.39, 0.29) is 24.4 Å². The average molecular weight is 321 g/mol. The number of rotatable bonds is 3. The van der Waals surface area contributed by atoms with Crippen LogP contribution in [0, 0.1) is 5.92 Å². The van der Waals surface area contributed by atoms with Crippen LogP contribution in [-0.2, 0) is 4.74 Å². The van der Waals surface area contributed by atoms with Gasteiger partial charge in [0, 0.05) is 19.6 Å². The van der Waals surface area contributed by atoms with Gasteiger partial charge in [-0.05, 0) is 32.1 Å². The van der Waals surface area contributed by atoms with E-state index in [1.807, 2.05) is 9.80 Å². The molecule has 3 heterocycles. The van der Waals surface area contributed by atoms with Crippen molar-refractivity contribution in [2.75, 3.05) is 26.2 Å². The van der Waals surface area contributed by atoms with E-state index < -0.39 is 5.97 Å². The van der Waals surface area contributed by atoms with Gasteiger partial charge < -0.3 is 14.5 Å². The smallest absolute Gasteiger partial charge is 0.360 e. The van der Waals surface area contributed by atoms with Crippen LogP contribution in [0.1, 0.15) is 55.3 Å². The summed E-state index contributed by atoms with van der Waals surface area (Å²) >= 11 is 0. The number of carbonyl (C=O) groups is 2. The van der Waals surface area contributed by atoms with E-state index in [9.17, 15) is 9.59 Å². The molecule has 8 nitrogen and oxygen atoms in total. The first kappa shape index (κ1) is 15.8. The normalized spacial score (nSPS) is 24.3. The Morgan fingerprint density at radius 2 is 2.13 bits per heavy atom. The zero-order valence-electron chi connectivity index (χ0n) is 13.6. The van der Waals surface area contributed by atoms with Crippen molar-refractivity contribution in [1.82, 2.24) is 25.2 Å². The number of hydrogen-bond acceptors (Lipinski definition) is 5. The first-order valence-electron chi connectivity index (χ1n) is 8.25. The molecule has 2 atom stereocenters. The highest BCUT2D eigenvalue weighted by atomic mass is 16.5. The Kier molecular flexibility index (Phi) is 4.49. The summed E-state index contributed by atoms with van der Waals surface area (Å²) in [5.41, 5.74) is 0.702. The zero-order chi connectivity index (χ0) is 16.4. The molecular weight excluding hydrogens is 298 g/mol. The lowest BCUT2D eigenvalue weighted by Crippen LogP contribution is -2.42. The molecule has 2 aliphatic rings. The van der Waals surface area contributed by atoms with Crippen LogP contribution in [0.2, 0.25) is 0 Å². The number of amides is 2. The number of urea groups is 1. The second-order valence-electron chi connectivity index (χ2n) is 6.25. The maximum absolute atomic E-state index is 12.8. The monoisotopic (exact) mass is 321 g/mol. The lowest BCUT2D eigenvalue weighted by atomic mass is 10.1. The molecule has 8 heteroatoms. The molecule has 1 N–H and O–H groups in total. The molecule has 2 saturated heterocycles. The minimum absolute atomic E-state index is 0.0367. The van der Waals surface area contributed by atoms with Gasteiger partial charge in [0.05, 0.1) is 12.6 Å². The summed E-state index contributed by atoms with van der Waals surface area (Å²) in [6.45, 7) is 6.47. The third-order valence-corrected chi connectivity index (χ3v) is 4.55. The highest BCUT2D eigenvalue weighted by molar-refractivity contribution is 5.88. The molecule has 0 radical (unpaired) electrons. The van der Waals surface area contributed by atoms with Crippen LogP contribution in [0.25, 0.3) is 0 Å². The van der Waals surface area contributed by atoms with E-state index >= 15 is 0 Å². The van der Waals surface area contributed by atoms with Crippen LogP contribution < -0.4 is 0 Å². The van der Waals surface area contributed by atoms with Gasteiger partial charge in [-0.25, -0.2) is 9.59 Å². The molecule has 2 fully saturated rings. The van der Waals surface area contributed by atoms with Crippen LogP contribution in [0.4, 0.5) is 4.79 Å². The van der Waals surface area contributed by atoms with E-state index in [2.05, 4.69) is 22.3 Å². The summed E-state index contributed by atoms with van der Waals surface area (Å²) in [6.07, 6.45) is 2.73. The Hall–Kier alpha value is -2.12. The fraction of sp³-hybridized carbons (Fsp3) is 0.733. The van der Waals surface area contributed by atoms with Crippen molar-refractivity contribution < 1.29 is 14.3 Å². The van der Waals surface area contributed by atoms with Gasteiger partial charge in [-0.1, -0.05) is 6.92 Å². The minimum atomic E-state index is -0.495. The van der Waals surface area contributed by atoms with Crippen molar-refractivity contribution in [3.63, 3.8) is 0 Å². The third kappa shape index (κ3) is 3.02. The van der Waals surface area contributed by atoms with Gasteiger partial charge in [-0.15, -0.1) is 5.10 Å². The van der Waals surface area contributed by atoms with Crippen molar-refractivity contribution in [3.05, 3.63) is 11.4 Å². The van der Waals surface area contributed by atoms with Crippen LogP contribution in [-0.4, -0.2) is 63.5 Å². The van der Waals surface area contributed by atoms with E-state index in [1.54, 1.807) is 6.92 Å². The van der Waals surface area contributed by atoms with Gasteiger partial charge in [0.25, 0.3) is 0 Å². The molecular formula is C15H23N5O3. The van der Waals surface area contributed by atoms with E-state index in [4.69, 9.17) is 4.74 Å². The molecule has 1 aromatic rings. The molecule has 0 aromatic carbocycles. The molecule has 0 saturated carbocycles. The lowest BCUT2D eigenvalue weighted by molar-refractivity contribution is 0.0515. The summed E-state index contributed by atoms with van der Waals surface area (Å²) in [7, 11) is 0. The fourth-order valence-corrected chi connectivity index (χ4v) is 3.39. The number of nitrogens with zero attached hydrogens (tertiary/aromatic N) is 4. The van der Waals surface area contributed by atoms with Crippen molar-refractivity contribution in [2.24, 2.45) is 5.92 Å². The number of ether oxygens (including phenoxy) is 1. The summed E-state index contributed by atoms with van der Waals surface area (Å²) in [5.74, 6) is 0.0486. The molecule has 23 heavy (non-hydrogen) atoms. The molecule has 0 aliphatic carbocycles. The molecule has 2 unspecified atom stereocenters. The SMILES string of the molecule is CCOC(=O)c1n[nH]nc1C1CCCN1C(=O)N1CCC(C)C1. The Labute approximate surface area is 135 Å². The van der Waals surface area contributed by atoms with Crippen molar-refractivity contribution in [1.29, 1.82) is 0 Å². The predicted octanol–water partition coefficient (Wildman–Crippen LogP) is 1.58. The van der Waals surface area contributed by atoms with Gasteiger partial charge >= 0.3 is 12.0 Å². The van der Waals surface area contributed by atoms with Gasteiger partial charge in [-0.3, -0.25) is 0 Å². The molecule has 1 aromatic heterocycles. The molecule has 0 spiro atoms. The molecule has 0 bridgehead atoms. The number of likely N-dealkylation sites (tertiary alicyclic amines) is 2. The fourth-order valence-electron chi connectivity index (χ4n) is 3.39. The van der Waals surface area contributed by atoms with Gasteiger partial charge in [-0.2, -0.15) is 10.3 Å². The predicted molar refractivity (Wildman–Crippen MR) is 81.8 cm³/mol. The number of H-pyrrole nitrogens is 1. The topological polar surface area (TPSA) is 91.4 Å². The minimum Gasteiger partial charge on any atom is -0.461 e. The van der Waals surface area contributed by atoms with Crippen LogP contribution in [0.3, 0.4) is 0 Å². The van der Waals surface area contributed by atoms with E-state index in [0.29, 0.717) is 18.2 Å². The summed E-state index contributed by atoms with van der Waals surface area (Å²) in [6, 6.07) is -0.175. The Morgan fingerprint density at radius 1 is 1.30 bits per heavy atom. The quantitative estimate of drug-likeness (QED) is 0.853. The molecule has 2 amide bonds. The first-order valence-corrected chi connectivity index (χ1v) is 8.25. The van der Waals surface area contributed by atoms with E-state index in [1.165, 1.54) is 0 Å². The van der Waals surface area contributed by atoms with Crippen molar-refractivity contribution in [2.45, 2.75) is 39.2 Å². The number of aromatic nitrogens is 3. The zero-order valence-corrected chi connectivity index (χ0v) is 13.6. The Morgan fingerprint density at radius 3 is 2.83 bits per heavy atom. The van der Waals surface area contributed by atoms with Gasteiger partial charge in [0.1, 0.15) is 5.69 Å². The number of aromatic amines is 1. The van der Waals surface area contributed by atoms with Crippen LogP contribution in [0.5, 0.6) is 0 Å². The Bertz CT molecular complexity index is 587. The largest absolute Gasteiger partial charge is 0.461 e. The lowest BCUT2D eigenvalue weighted by Gasteiger charge is -2.28. The number of esters is 1. The molecule has 3 rings (SSSR count). The van der Waals surface area contributed by atoms with Crippen LogP contribution in [0.15, 0.2) is 0 Å². The summed E-state index contributed by atoms with van der Waals surface area (Å²) < 4.78 is 5.02. The number of carbonyl (C=O) groups excluding carboxylic acids is 2. The molecule has 126 valence electrons. The average Bonchev–Trinajstić information content (AvgIpc) is 3.26. The van der Waals surface area contributed by atoms with Gasteiger partial charge in [0.2, 0.25) is 0 Å². The first-order chi connectivity index (χ1) is 11.1. The van der Waals surface area contributed by atoms with Gasteiger partial charge in [0.15, 0.2) is 5.69 Å². The standard InChI is InChI=1S/C15H23N5O3/c1-3-23-14(21)13-12(16-18-17-13)11-5-4-7-20(11)15(22)19-8-6-10(2)9-19/h10-11H,3-9H2,1-2H3,(H,16,17,18). The maximum Gasteiger partial charge on any atom is 0.360 e. The number of hydrogen-bond donors (Lipinski definition) is 1. The maximum atomic E-state index is 12.8. The summed E-state index contributed by atoms with van der Waals surface area (Å²) in [4.78, 5) is 28.5. The van der Waals surface area contributed by atoms with Crippen LogP contribution >= 0.6 is 0 Å². The second-order valence-corrected chi connectivity index (χ2v) is 6.25. The second kappa shape index (κ2) is 6.55. The summed E-state index contributed by atoms with van der Waals surface area (Å²) in [5, 5.41) is 10.5. The van der Waals surface area contributed by atoms with Crippen molar-refractivity contribution >= 4 is 12.0 Å². The molecule has 2 aliphatic heterocycles. The Balaban J connectivity index is 1.78. The van der Waals surface area contributed by atoms with Crippen molar-refractivity contribution in [3.8, 4) is 0 Å². The highest BCUT2D eigenvalue weighted by Crippen LogP contribution is 2.34. The third-order valence-electron chi connectivity index (χ3n) is 4.55. The number of nitrogens with one attached hydrogen (secondary N) is 1. The van der Waals surface area contributed by atoms with E-state index in [0.717, 1.165) is 32.4 Å².